The molecule has 0 aromatic rings. The van der Waals surface area contributed by atoms with Crippen molar-refractivity contribution in [3.63, 3.8) is 0 Å². The third kappa shape index (κ3) is 11.2. The van der Waals surface area contributed by atoms with Gasteiger partial charge in [0.1, 0.15) is 0 Å². The fraction of sp³-hybridized carbons (Fsp3) is 0.529. The first kappa shape index (κ1) is 16.0. The van der Waals surface area contributed by atoms with Crippen molar-refractivity contribution in [1.82, 2.24) is 0 Å². The van der Waals surface area contributed by atoms with Gasteiger partial charge in [-0.1, -0.05) is 55.0 Å². The molecule has 96 valence electrons. The van der Waals surface area contributed by atoms with E-state index in [0.29, 0.717) is 0 Å². The van der Waals surface area contributed by atoms with Gasteiger partial charge in [-0.25, -0.2) is 0 Å². The Labute approximate surface area is 108 Å². The van der Waals surface area contributed by atoms with Gasteiger partial charge in [-0.3, -0.25) is 0 Å². The second-order valence-electron chi connectivity index (χ2n) is 5.34. The average molecular weight is 232 g/mol. The van der Waals surface area contributed by atoms with Gasteiger partial charge < -0.3 is 0 Å². The Bertz CT molecular complexity index is 298. The summed E-state index contributed by atoms with van der Waals surface area (Å²) in [6.07, 6.45) is 11.3. The molecule has 1 unspecified atom stereocenters. The summed E-state index contributed by atoms with van der Waals surface area (Å²) in [7, 11) is 0. The Balaban J connectivity index is 3.76. The molecule has 0 aromatic carbocycles. The van der Waals surface area contributed by atoms with Gasteiger partial charge in [0.25, 0.3) is 0 Å². The zero-order valence-corrected chi connectivity index (χ0v) is 12.1. The maximum absolute atomic E-state index is 4.07. The number of hydrogen-bond donors (Lipinski definition) is 0. The van der Waals surface area contributed by atoms with Crippen molar-refractivity contribution in [3.05, 3.63) is 48.1 Å². The third-order valence-electron chi connectivity index (χ3n) is 2.77. The first-order chi connectivity index (χ1) is 7.91. The molecule has 0 saturated heterocycles. The SMILES string of the molecule is C=C(C)/C=C\C(=C)CCC(C)CCC=C(C)C. The van der Waals surface area contributed by atoms with Crippen molar-refractivity contribution >= 4 is 0 Å². The van der Waals surface area contributed by atoms with Crippen molar-refractivity contribution in [3.8, 4) is 0 Å². The first-order valence-corrected chi connectivity index (χ1v) is 6.56. The minimum Gasteiger partial charge on any atom is -0.0961 e. The highest BCUT2D eigenvalue weighted by atomic mass is 14.1. The van der Waals surface area contributed by atoms with Crippen LogP contribution in [0, 0.1) is 5.92 Å². The van der Waals surface area contributed by atoms with Crippen molar-refractivity contribution in [2.75, 3.05) is 0 Å². The molecule has 0 radical (unpaired) electrons. The van der Waals surface area contributed by atoms with Crippen LogP contribution in [-0.4, -0.2) is 0 Å². The van der Waals surface area contributed by atoms with Crippen LogP contribution in [-0.2, 0) is 0 Å². The van der Waals surface area contributed by atoms with E-state index in [-0.39, 0.29) is 0 Å². The Morgan fingerprint density at radius 3 is 2.24 bits per heavy atom. The largest absolute Gasteiger partial charge is 0.0961 e. The second kappa shape index (κ2) is 9.04. The van der Waals surface area contributed by atoms with E-state index < -0.39 is 0 Å². The summed E-state index contributed by atoms with van der Waals surface area (Å²) in [5.74, 6) is 0.778. The molecule has 0 saturated carbocycles. The Morgan fingerprint density at radius 1 is 1.06 bits per heavy atom. The molecule has 0 aliphatic heterocycles. The van der Waals surface area contributed by atoms with Gasteiger partial charge in [0.05, 0.1) is 0 Å². The van der Waals surface area contributed by atoms with Crippen LogP contribution in [0.15, 0.2) is 48.1 Å². The highest BCUT2D eigenvalue weighted by molar-refractivity contribution is 5.22. The molecule has 0 nitrogen and oxygen atoms in total. The summed E-state index contributed by atoms with van der Waals surface area (Å²) >= 11 is 0. The van der Waals surface area contributed by atoms with Crippen LogP contribution in [0.1, 0.15) is 53.4 Å². The monoisotopic (exact) mass is 232 g/mol. The fourth-order valence-corrected chi connectivity index (χ4v) is 1.58. The van der Waals surface area contributed by atoms with E-state index in [1.54, 1.807) is 0 Å². The van der Waals surface area contributed by atoms with E-state index in [0.717, 1.165) is 17.9 Å². The first-order valence-electron chi connectivity index (χ1n) is 6.56. The Hall–Kier alpha value is -1.04. The summed E-state index contributed by atoms with van der Waals surface area (Å²) in [6.45, 7) is 16.6. The minimum absolute atomic E-state index is 0.778. The summed E-state index contributed by atoms with van der Waals surface area (Å²) in [5, 5.41) is 0. The lowest BCUT2D eigenvalue weighted by molar-refractivity contribution is 0.498. The lowest BCUT2D eigenvalue weighted by atomic mass is 9.96. The van der Waals surface area contributed by atoms with E-state index in [4.69, 9.17) is 0 Å². The molecule has 0 aliphatic rings. The summed E-state index contributed by atoms with van der Waals surface area (Å²) in [5.41, 5.74) is 3.72. The van der Waals surface area contributed by atoms with E-state index in [2.05, 4.69) is 46.1 Å². The van der Waals surface area contributed by atoms with Crippen molar-refractivity contribution in [2.24, 2.45) is 5.92 Å². The molecule has 17 heavy (non-hydrogen) atoms. The maximum Gasteiger partial charge on any atom is -0.0282 e. The molecule has 0 heteroatoms. The van der Waals surface area contributed by atoms with Crippen LogP contribution in [0.25, 0.3) is 0 Å². The van der Waals surface area contributed by atoms with Gasteiger partial charge in [0, 0.05) is 0 Å². The molecule has 0 rings (SSSR count). The lowest BCUT2D eigenvalue weighted by Gasteiger charge is -2.09. The summed E-state index contributed by atoms with van der Waals surface area (Å²) in [4.78, 5) is 0. The van der Waals surface area contributed by atoms with E-state index in [9.17, 15) is 0 Å². The summed E-state index contributed by atoms with van der Waals surface area (Å²) in [6, 6.07) is 0. The molecule has 0 N–H and O–H groups in total. The molecule has 0 aromatic heterocycles. The fourth-order valence-electron chi connectivity index (χ4n) is 1.58. The highest BCUT2D eigenvalue weighted by Crippen LogP contribution is 2.17. The van der Waals surface area contributed by atoms with Crippen molar-refractivity contribution < 1.29 is 0 Å². The van der Waals surface area contributed by atoms with Gasteiger partial charge in [-0.05, 0) is 52.4 Å². The van der Waals surface area contributed by atoms with Crippen LogP contribution >= 0.6 is 0 Å². The van der Waals surface area contributed by atoms with Crippen LogP contribution in [0.5, 0.6) is 0 Å². The van der Waals surface area contributed by atoms with Gasteiger partial charge in [0.15, 0.2) is 0 Å². The average Bonchev–Trinajstić information content (AvgIpc) is 2.23. The minimum atomic E-state index is 0.778. The van der Waals surface area contributed by atoms with Gasteiger partial charge in [-0.15, -0.1) is 0 Å². The smallest absolute Gasteiger partial charge is 0.0282 e. The summed E-state index contributed by atoms with van der Waals surface area (Å²) < 4.78 is 0. The standard InChI is InChI=1S/C17H28/c1-14(2)8-7-9-16(5)12-13-17(6)11-10-15(3)4/h8,10-11,16H,3,6-7,9,12-13H2,1-2,4-5H3/b11-10-. The number of rotatable bonds is 8. The maximum atomic E-state index is 4.07. The van der Waals surface area contributed by atoms with E-state index in [1.807, 2.05) is 13.0 Å². The molecule has 0 spiro atoms. The van der Waals surface area contributed by atoms with Crippen molar-refractivity contribution in [1.29, 1.82) is 0 Å². The Morgan fingerprint density at radius 2 is 1.71 bits per heavy atom. The highest BCUT2D eigenvalue weighted by Gasteiger charge is 2.01. The van der Waals surface area contributed by atoms with Crippen LogP contribution in [0.4, 0.5) is 0 Å². The molecule has 0 amide bonds. The normalized spacial score (nSPS) is 12.5. The quantitative estimate of drug-likeness (QED) is 0.364. The molecule has 0 bridgehead atoms. The molecule has 0 heterocycles. The van der Waals surface area contributed by atoms with E-state index in [1.165, 1.54) is 30.4 Å². The molecular formula is C17H28. The predicted octanol–water partition coefficient (Wildman–Crippen LogP) is 5.84. The predicted molar refractivity (Wildman–Crippen MR) is 80.2 cm³/mol. The van der Waals surface area contributed by atoms with Crippen LogP contribution in [0.2, 0.25) is 0 Å². The second-order valence-corrected chi connectivity index (χ2v) is 5.34. The van der Waals surface area contributed by atoms with Crippen LogP contribution < -0.4 is 0 Å². The molecular weight excluding hydrogens is 204 g/mol. The lowest BCUT2D eigenvalue weighted by Crippen LogP contribution is -1.94. The van der Waals surface area contributed by atoms with Crippen LogP contribution in [0.3, 0.4) is 0 Å². The number of allylic oxidation sites excluding steroid dienone is 6. The molecule has 1 atom stereocenters. The number of hydrogen-bond acceptors (Lipinski definition) is 0. The zero-order chi connectivity index (χ0) is 13.3. The van der Waals surface area contributed by atoms with Crippen molar-refractivity contribution in [2.45, 2.75) is 53.4 Å². The van der Waals surface area contributed by atoms with Gasteiger partial charge >= 0.3 is 0 Å². The zero-order valence-electron chi connectivity index (χ0n) is 12.1. The van der Waals surface area contributed by atoms with E-state index >= 15 is 0 Å². The van der Waals surface area contributed by atoms with Gasteiger partial charge in [0.2, 0.25) is 0 Å². The Kier molecular flexibility index (Phi) is 8.49. The third-order valence-corrected chi connectivity index (χ3v) is 2.77. The van der Waals surface area contributed by atoms with Gasteiger partial charge in [-0.2, -0.15) is 0 Å². The molecule has 0 aliphatic carbocycles. The topological polar surface area (TPSA) is 0 Å². The molecule has 0 fully saturated rings.